The van der Waals surface area contributed by atoms with E-state index in [0.717, 1.165) is 43.9 Å². The minimum absolute atomic E-state index is 0.794. The molecule has 0 unspecified atom stereocenters. The lowest BCUT2D eigenvalue weighted by molar-refractivity contribution is 0.298. The third-order valence-electron chi connectivity index (χ3n) is 3.45. The molecule has 104 valence electrons. The molecule has 0 aliphatic carbocycles. The molecule has 19 heavy (non-hydrogen) atoms. The molecule has 0 bridgehead atoms. The van der Waals surface area contributed by atoms with Crippen LogP contribution in [0, 0.1) is 0 Å². The minimum atomic E-state index is 0.794. The van der Waals surface area contributed by atoms with E-state index >= 15 is 0 Å². The molecule has 2 heterocycles. The van der Waals surface area contributed by atoms with E-state index in [1.54, 1.807) is 6.33 Å². The van der Waals surface area contributed by atoms with Crippen molar-refractivity contribution in [1.29, 1.82) is 0 Å². The molecule has 0 fully saturated rings. The van der Waals surface area contributed by atoms with Crippen molar-refractivity contribution in [3.05, 3.63) is 24.2 Å². The Labute approximate surface area is 114 Å². The second-order valence-electron chi connectivity index (χ2n) is 4.63. The normalized spacial score (nSPS) is 11.5. The van der Waals surface area contributed by atoms with Gasteiger partial charge in [0.05, 0.1) is 11.8 Å². The smallest absolute Gasteiger partial charge is 0.177 e. The average molecular weight is 261 g/mol. The van der Waals surface area contributed by atoms with Gasteiger partial charge in [0.15, 0.2) is 5.65 Å². The van der Waals surface area contributed by atoms with Crippen LogP contribution in [0.2, 0.25) is 0 Å². The Bertz CT molecular complexity index is 489. The zero-order valence-corrected chi connectivity index (χ0v) is 11.8. The summed E-state index contributed by atoms with van der Waals surface area (Å²) in [5.41, 5.74) is 3.06. The fraction of sp³-hybridized carbons (Fsp3) is 0.571. The Morgan fingerprint density at radius 3 is 2.89 bits per heavy atom. The quantitative estimate of drug-likeness (QED) is 0.711. The Morgan fingerprint density at radius 1 is 1.26 bits per heavy atom. The van der Waals surface area contributed by atoms with E-state index in [4.69, 9.17) is 0 Å². The summed E-state index contributed by atoms with van der Waals surface area (Å²) < 4.78 is 0. The molecule has 0 amide bonds. The van der Waals surface area contributed by atoms with Crippen LogP contribution in [0.25, 0.3) is 11.2 Å². The van der Waals surface area contributed by atoms with Gasteiger partial charge in [0.1, 0.15) is 0 Å². The summed E-state index contributed by atoms with van der Waals surface area (Å²) in [5, 5.41) is 3.48. The van der Waals surface area contributed by atoms with Gasteiger partial charge >= 0.3 is 0 Å². The number of aromatic amines is 1. The number of fused-ring (bicyclic) bond motifs is 1. The van der Waals surface area contributed by atoms with Crippen molar-refractivity contribution in [3.63, 3.8) is 0 Å². The van der Waals surface area contributed by atoms with Crippen LogP contribution in [0.15, 0.2) is 18.6 Å². The molecule has 0 atom stereocenters. The lowest BCUT2D eigenvalue weighted by Crippen LogP contribution is -2.27. The van der Waals surface area contributed by atoms with E-state index < -0.39 is 0 Å². The largest absolute Gasteiger partial charge is 0.343 e. The Hall–Kier alpha value is -1.46. The van der Waals surface area contributed by atoms with E-state index in [1.807, 2.05) is 12.3 Å². The van der Waals surface area contributed by atoms with Crippen LogP contribution in [0.4, 0.5) is 0 Å². The highest BCUT2D eigenvalue weighted by molar-refractivity contribution is 5.73. The Kier molecular flexibility index (Phi) is 5.30. The van der Waals surface area contributed by atoms with Gasteiger partial charge in [0.25, 0.3) is 0 Å². The molecule has 2 rings (SSSR count). The summed E-state index contributed by atoms with van der Waals surface area (Å²) in [6.45, 7) is 9.75. The summed E-state index contributed by atoms with van der Waals surface area (Å²) >= 11 is 0. The monoisotopic (exact) mass is 261 g/mol. The van der Waals surface area contributed by atoms with Crippen molar-refractivity contribution in [2.24, 2.45) is 0 Å². The first-order valence-corrected chi connectivity index (χ1v) is 7.05. The van der Waals surface area contributed by atoms with Gasteiger partial charge < -0.3 is 15.2 Å². The summed E-state index contributed by atoms with van der Waals surface area (Å²) in [6, 6.07) is 2.04. The second-order valence-corrected chi connectivity index (χ2v) is 4.63. The molecule has 0 spiro atoms. The zero-order valence-electron chi connectivity index (χ0n) is 11.8. The van der Waals surface area contributed by atoms with Crippen LogP contribution in [0.3, 0.4) is 0 Å². The first-order chi connectivity index (χ1) is 9.35. The van der Waals surface area contributed by atoms with Crippen LogP contribution in [0.5, 0.6) is 0 Å². The molecule has 0 saturated carbocycles. The number of pyridine rings is 1. The zero-order chi connectivity index (χ0) is 13.5. The molecular weight excluding hydrogens is 238 g/mol. The molecule has 5 heteroatoms. The van der Waals surface area contributed by atoms with E-state index in [0.29, 0.717) is 0 Å². The highest BCUT2D eigenvalue weighted by Crippen LogP contribution is 2.11. The molecule has 0 saturated heterocycles. The van der Waals surface area contributed by atoms with Gasteiger partial charge in [-0.1, -0.05) is 13.8 Å². The molecule has 2 aromatic rings. The Morgan fingerprint density at radius 2 is 2.11 bits per heavy atom. The number of hydrogen-bond donors (Lipinski definition) is 2. The first kappa shape index (κ1) is 14.0. The molecule has 2 N–H and O–H groups in total. The number of nitrogens with zero attached hydrogens (tertiary/aromatic N) is 3. The maximum atomic E-state index is 4.21. The number of nitrogens with one attached hydrogen (secondary N) is 2. The van der Waals surface area contributed by atoms with Gasteiger partial charge in [-0.2, -0.15) is 0 Å². The molecule has 0 aliphatic rings. The van der Waals surface area contributed by atoms with E-state index in [9.17, 15) is 0 Å². The van der Waals surface area contributed by atoms with Crippen molar-refractivity contribution in [2.45, 2.75) is 26.8 Å². The van der Waals surface area contributed by atoms with Crippen molar-refractivity contribution >= 4 is 11.2 Å². The lowest BCUT2D eigenvalue weighted by atomic mass is 10.2. The van der Waals surface area contributed by atoms with Crippen LogP contribution in [-0.4, -0.2) is 46.0 Å². The molecule has 5 nitrogen and oxygen atoms in total. The predicted octanol–water partition coefficient (Wildman–Crippen LogP) is 1.78. The second kappa shape index (κ2) is 7.21. The van der Waals surface area contributed by atoms with Gasteiger partial charge in [-0.25, -0.2) is 9.97 Å². The Balaban J connectivity index is 1.75. The fourth-order valence-electron chi connectivity index (χ4n) is 2.24. The molecule has 2 aromatic heterocycles. The van der Waals surface area contributed by atoms with E-state index in [-0.39, 0.29) is 0 Å². The van der Waals surface area contributed by atoms with Crippen LogP contribution >= 0.6 is 0 Å². The van der Waals surface area contributed by atoms with Gasteiger partial charge in [0.2, 0.25) is 0 Å². The van der Waals surface area contributed by atoms with Gasteiger partial charge in [-0.05, 0) is 44.2 Å². The number of hydrogen-bond acceptors (Lipinski definition) is 4. The predicted molar refractivity (Wildman–Crippen MR) is 78.0 cm³/mol. The summed E-state index contributed by atoms with van der Waals surface area (Å²) in [7, 11) is 0. The number of H-pyrrole nitrogens is 1. The van der Waals surface area contributed by atoms with Crippen molar-refractivity contribution in [3.8, 4) is 0 Å². The van der Waals surface area contributed by atoms with Crippen LogP contribution in [-0.2, 0) is 6.54 Å². The van der Waals surface area contributed by atoms with Gasteiger partial charge in [0, 0.05) is 12.7 Å². The van der Waals surface area contributed by atoms with Crippen molar-refractivity contribution in [1.82, 2.24) is 25.2 Å². The lowest BCUT2D eigenvalue weighted by Gasteiger charge is -2.17. The number of rotatable bonds is 8. The molecular formula is C14H23N5. The SMILES string of the molecule is CCN(CC)CCCNCc1ccnc2nc[nH]c12. The summed E-state index contributed by atoms with van der Waals surface area (Å²) in [5.74, 6) is 0. The number of aromatic nitrogens is 3. The highest BCUT2D eigenvalue weighted by Gasteiger charge is 2.03. The molecule has 0 radical (unpaired) electrons. The fourth-order valence-corrected chi connectivity index (χ4v) is 2.24. The average Bonchev–Trinajstić information content (AvgIpc) is 2.92. The number of imidazole rings is 1. The van der Waals surface area contributed by atoms with Crippen LogP contribution < -0.4 is 5.32 Å². The summed E-state index contributed by atoms with van der Waals surface area (Å²) in [4.78, 5) is 14.0. The third-order valence-corrected chi connectivity index (χ3v) is 3.45. The molecule has 0 aromatic carbocycles. The summed E-state index contributed by atoms with van der Waals surface area (Å²) in [6.07, 6.45) is 4.69. The minimum Gasteiger partial charge on any atom is -0.343 e. The first-order valence-electron chi connectivity index (χ1n) is 7.05. The molecule has 0 aliphatic heterocycles. The highest BCUT2D eigenvalue weighted by atomic mass is 15.1. The van der Waals surface area contributed by atoms with Crippen LogP contribution in [0.1, 0.15) is 25.8 Å². The standard InChI is InChI=1S/C14H23N5/c1-3-19(4-2)9-5-7-15-10-12-6-8-16-14-13(12)17-11-18-14/h6,8,11,15H,3-5,7,9-10H2,1-2H3,(H,16,17,18). The maximum absolute atomic E-state index is 4.21. The topological polar surface area (TPSA) is 56.8 Å². The van der Waals surface area contributed by atoms with Gasteiger partial charge in [-0.15, -0.1) is 0 Å². The van der Waals surface area contributed by atoms with E-state index in [1.165, 1.54) is 12.0 Å². The maximum Gasteiger partial charge on any atom is 0.177 e. The van der Waals surface area contributed by atoms with Crippen molar-refractivity contribution in [2.75, 3.05) is 26.2 Å². The third kappa shape index (κ3) is 3.75. The van der Waals surface area contributed by atoms with E-state index in [2.05, 4.69) is 39.0 Å². The van der Waals surface area contributed by atoms with Gasteiger partial charge in [-0.3, -0.25) is 0 Å². The van der Waals surface area contributed by atoms with Crippen molar-refractivity contribution < 1.29 is 0 Å².